The number of hydrogen-bond acceptors (Lipinski definition) is 2. The van der Waals surface area contributed by atoms with Crippen LogP contribution in [0.25, 0.3) is 0 Å². The van der Waals surface area contributed by atoms with E-state index in [0.29, 0.717) is 5.88 Å². The summed E-state index contributed by atoms with van der Waals surface area (Å²) in [5.74, 6) is 0.646. The Labute approximate surface area is 60.3 Å². The van der Waals surface area contributed by atoms with Crippen LogP contribution in [-0.4, -0.2) is 12.2 Å². The molecule has 0 aliphatic heterocycles. The highest BCUT2D eigenvalue weighted by Crippen LogP contribution is 1.99. The van der Waals surface area contributed by atoms with E-state index in [0.717, 1.165) is 5.69 Å². The monoisotopic (exact) mass is 139 g/mol. The SMILES string of the molecule is COc1ccc(C)[n+](C)n1. The van der Waals surface area contributed by atoms with E-state index >= 15 is 0 Å². The second kappa shape index (κ2) is 2.64. The van der Waals surface area contributed by atoms with Gasteiger partial charge in [-0.2, -0.15) is 0 Å². The van der Waals surface area contributed by atoms with Gasteiger partial charge in [-0.05, 0) is 0 Å². The van der Waals surface area contributed by atoms with Crippen LogP contribution in [0.15, 0.2) is 12.1 Å². The molecule has 0 saturated heterocycles. The van der Waals surface area contributed by atoms with Gasteiger partial charge in [0.25, 0.3) is 5.88 Å². The Bertz CT molecular complexity index is 235. The molecule has 0 unspecified atom stereocenters. The molecule has 0 aliphatic carbocycles. The second-order valence-corrected chi connectivity index (χ2v) is 2.14. The maximum absolute atomic E-state index is 4.92. The molecule has 0 radical (unpaired) electrons. The van der Waals surface area contributed by atoms with Gasteiger partial charge in [0.15, 0.2) is 7.05 Å². The molecule has 0 amide bonds. The maximum atomic E-state index is 4.92. The zero-order valence-corrected chi connectivity index (χ0v) is 6.46. The molecule has 0 saturated carbocycles. The molecule has 10 heavy (non-hydrogen) atoms. The molecule has 0 bridgehead atoms. The number of aromatic nitrogens is 2. The molecule has 1 rings (SSSR count). The van der Waals surface area contributed by atoms with Gasteiger partial charge in [-0.1, -0.05) is 4.68 Å². The van der Waals surface area contributed by atoms with Crippen LogP contribution in [0.3, 0.4) is 0 Å². The molecule has 1 aromatic heterocycles. The van der Waals surface area contributed by atoms with Crippen molar-refractivity contribution in [3.63, 3.8) is 0 Å². The van der Waals surface area contributed by atoms with Crippen molar-refractivity contribution in [2.24, 2.45) is 7.05 Å². The normalized spacial score (nSPS) is 9.50. The topological polar surface area (TPSA) is 26.0 Å². The minimum absolute atomic E-state index is 0.646. The van der Waals surface area contributed by atoms with Crippen LogP contribution in [0.4, 0.5) is 0 Å². The van der Waals surface area contributed by atoms with E-state index in [1.165, 1.54) is 0 Å². The summed E-state index contributed by atoms with van der Waals surface area (Å²) in [4.78, 5) is 0. The first kappa shape index (κ1) is 6.99. The van der Waals surface area contributed by atoms with E-state index in [1.807, 2.05) is 26.1 Å². The third-order valence-electron chi connectivity index (χ3n) is 1.44. The van der Waals surface area contributed by atoms with Crippen LogP contribution >= 0.6 is 0 Å². The minimum Gasteiger partial charge on any atom is -0.477 e. The Morgan fingerprint density at radius 2 is 2.20 bits per heavy atom. The Hall–Kier alpha value is -1.12. The highest BCUT2D eigenvalue weighted by atomic mass is 16.5. The average molecular weight is 139 g/mol. The average Bonchev–Trinajstić information content (AvgIpc) is 1.95. The van der Waals surface area contributed by atoms with Gasteiger partial charge in [-0.15, -0.1) is 0 Å². The minimum atomic E-state index is 0.646. The number of ether oxygens (including phenoxy) is 1. The van der Waals surface area contributed by atoms with E-state index in [4.69, 9.17) is 4.74 Å². The van der Waals surface area contributed by atoms with Gasteiger partial charge < -0.3 is 4.74 Å². The number of nitrogens with zero attached hydrogens (tertiary/aromatic N) is 2. The molecule has 0 N–H and O–H groups in total. The summed E-state index contributed by atoms with van der Waals surface area (Å²) in [6.45, 7) is 1.99. The Balaban J connectivity index is 3.04. The molecule has 0 aromatic carbocycles. The summed E-state index contributed by atoms with van der Waals surface area (Å²) in [6.07, 6.45) is 0. The number of aryl methyl sites for hydroxylation is 2. The third kappa shape index (κ3) is 1.23. The summed E-state index contributed by atoms with van der Waals surface area (Å²) >= 11 is 0. The molecule has 0 atom stereocenters. The summed E-state index contributed by atoms with van der Waals surface area (Å²) < 4.78 is 6.69. The zero-order chi connectivity index (χ0) is 7.56. The fourth-order valence-corrected chi connectivity index (χ4v) is 0.669. The van der Waals surface area contributed by atoms with E-state index in [9.17, 15) is 0 Å². The first-order valence-electron chi connectivity index (χ1n) is 3.12. The molecule has 0 spiro atoms. The van der Waals surface area contributed by atoms with E-state index < -0.39 is 0 Å². The molecular formula is C7H11N2O+. The third-order valence-corrected chi connectivity index (χ3v) is 1.44. The standard InChI is InChI=1S/C7H11N2O/c1-6-4-5-7(10-3)8-9(6)2/h4-5H,1-3H3/q+1. The molecule has 1 aromatic rings. The van der Waals surface area contributed by atoms with E-state index in [1.54, 1.807) is 11.8 Å². The Morgan fingerprint density at radius 3 is 2.70 bits per heavy atom. The van der Waals surface area contributed by atoms with Crippen LogP contribution in [-0.2, 0) is 7.05 Å². The van der Waals surface area contributed by atoms with E-state index in [2.05, 4.69) is 5.10 Å². The van der Waals surface area contributed by atoms with Crippen LogP contribution < -0.4 is 9.42 Å². The zero-order valence-electron chi connectivity index (χ0n) is 6.46. The lowest BCUT2D eigenvalue weighted by Crippen LogP contribution is -2.36. The number of rotatable bonds is 1. The lowest BCUT2D eigenvalue weighted by Gasteiger charge is -1.94. The van der Waals surface area contributed by atoms with Gasteiger partial charge >= 0.3 is 0 Å². The second-order valence-electron chi connectivity index (χ2n) is 2.14. The van der Waals surface area contributed by atoms with Crippen LogP contribution in [0, 0.1) is 6.92 Å². The van der Waals surface area contributed by atoms with Crippen molar-refractivity contribution in [3.05, 3.63) is 17.8 Å². The first-order chi connectivity index (χ1) is 4.74. The predicted molar refractivity (Wildman–Crippen MR) is 36.7 cm³/mol. The van der Waals surface area contributed by atoms with Crippen molar-refractivity contribution in [2.45, 2.75) is 6.92 Å². The fraction of sp³-hybridized carbons (Fsp3) is 0.429. The molecule has 3 nitrogen and oxygen atoms in total. The van der Waals surface area contributed by atoms with Crippen molar-refractivity contribution < 1.29 is 9.42 Å². The molecule has 1 heterocycles. The van der Waals surface area contributed by atoms with Gasteiger partial charge in [0, 0.05) is 24.2 Å². The van der Waals surface area contributed by atoms with Gasteiger partial charge in [0.05, 0.1) is 7.11 Å². The molecular weight excluding hydrogens is 128 g/mol. The van der Waals surface area contributed by atoms with Crippen molar-refractivity contribution >= 4 is 0 Å². The lowest BCUT2D eigenvalue weighted by atomic mass is 10.4. The number of hydrogen-bond donors (Lipinski definition) is 0. The number of methoxy groups -OCH3 is 1. The molecule has 0 aliphatic rings. The highest BCUT2D eigenvalue weighted by Gasteiger charge is 2.02. The van der Waals surface area contributed by atoms with Crippen molar-refractivity contribution in [2.75, 3.05) is 7.11 Å². The summed E-state index contributed by atoms with van der Waals surface area (Å²) in [6, 6.07) is 3.81. The largest absolute Gasteiger partial charge is 0.477 e. The first-order valence-corrected chi connectivity index (χ1v) is 3.12. The van der Waals surface area contributed by atoms with Gasteiger partial charge in [-0.25, -0.2) is 0 Å². The van der Waals surface area contributed by atoms with Gasteiger partial charge in [-0.3, -0.25) is 0 Å². The molecule has 54 valence electrons. The quantitative estimate of drug-likeness (QED) is 0.520. The molecule has 3 heteroatoms. The Morgan fingerprint density at radius 1 is 1.50 bits per heavy atom. The highest BCUT2D eigenvalue weighted by molar-refractivity contribution is 5.06. The van der Waals surface area contributed by atoms with Crippen molar-refractivity contribution in [3.8, 4) is 5.88 Å². The van der Waals surface area contributed by atoms with Gasteiger partial charge in [0.1, 0.15) is 0 Å². The van der Waals surface area contributed by atoms with Crippen LogP contribution in [0.1, 0.15) is 5.69 Å². The van der Waals surface area contributed by atoms with Crippen LogP contribution in [0.2, 0.25) is 0 Å². The Kier molecular flexibility index (Phi) is 1.85. The predicted octanol–water partition coefficient (Wildman–Crippen LogP) is 0.223. The lowest BCUT2D eigenvalue weighted by molar-refractivity contribution is -0.736. The maximum Gasteiger partial charge on any atom is 0.278 e. The summed E-state index contributed by atoms with van der Waals surface area (Å²) in [5.41, 5.74) is 1.11. The summed E-state index contributed by atoms with van der Waals surface area (Å²) in [7, 11) is 3.50. The smallest absolute Gasteiger partial charge is 0.278 e. The molecule has 0 fully saturated rings. The van der Waals surface area contributed by atoms with Crippen LogP contribution in [0.5, 0.6) is 5.88 Å². The van der Waals surface area contributed by atoms with Crippen molar-refractivity contribution in [1.82, 2.24) is 5.10 Å². The van der Waals surface area contributed by atoms with Crippen molar-refractivity contribution in [1.29, 1.82) is 0 Å². The fourth-order valence-electron chi connectivity index (χ4n) is 0.669. The van der Waals surface area contributed by atoms with Gasteiger partial charge in [0.2, 0.25) is 5.69 Å². The van der Waals surface area contributed by atoms with E-state index in [-0.39, 0.29) is 0 Å². The summed E-state index contributed by atoms with van der Waals surface area (Å²) in [5, 5.41) is 4.09.